The molecule has 0 saturated heterocycles. The third-order valence-electron chi connectivity index (χ3n) is 3.74. The fourth-order valence-electron chi connectivity index (χ4n) is 2.58. The summed E-state index contributed by atoms with van der Waals surface area (Å²) in [4.78, 5) is 2.34. The first-order valence-electron chi connectivity index (χ1n) is 7.89. The smallest absolute Gasteiger partial charge is 0.230 e. The van der Waals surface area contributed by atoms with E-state index < -0.39 is 0 Å². The zero-order valence-electron chi connectivity index (χ0n) is 13.4. The number of aromatic nitrogens is 2. The SMILES string of the molecule is Cc1nnc(CN(CCc2ccccc2)Cc2ccccc2)o1. The second-order valence-electron chi connectivity index (χ2n) is 5.65. The summed E-state index contributed by atoms with van der Waals surface area (Å²) in [6.45, 7) is 4.31. The van der Waals surface area contributed by atoms with Gasteiger partial charge in [0.2, 0.25) is 11.8 Å². The third-order valence-corrected chi connectivity index (χ3v) is 3.74. The van der Waals surface area contributed by atoms with Gasteiger partial charge in [0.05, 0.1) is 6.54 Å². The quantitative estimate of drug-likeness (QED) is 0.668. The van der Waals surface area contributed by atoms with E-state index >= 15 is 0 Å². The van der Waals surface area contributed by atoms with Crippen LogP contribution in [0.2, 0.25) is 0 Å². The fraction of sp³-hybridized carbons (Fsp3) is 0.263. The molecule has 0 aliphatic rings. The molecule has 1 heterocycles. The van der Waals surface area contributed by atoms with Crippen molar-refractivity contribution in [3.63, 3.8) is 0 Å². The van der Waals surface area contributed by atoms with Crippen LogP contribution in [-0.4, -0.2) is 21.6 Å². The maximum atomic E-state index is 5.54. The van der Waals surface area contributed by atoms with Crippen molar-refractivity contribution in [2.24, 2.45) is 0 Å². The topological polar surface area (TPSA) is 42.2 Å². The van der Waals surface area contributed by atoms with Crippen LogP contribution in [0.1, 0.15) is 22.9 Å². The molecule has 4 nitrogen and oxygen atoms in total. The van der Waals surface area contributed by atoms with Crippen LogP contribution in [0.15, 0.2) is 65.1 Å². The molecule has 0 bridgehead atoms. The number of hydrogen-bond donors (Lipinski definition) is 0. The normalized spacial score (nSPS) is 11.0. The molecule has 0 aliphatic heterocycles. The Morgan fingerprint density at radius 2 is 1.48 bits per heavy atom. The molecule has 0 amide bonds. The van der Waals surface area contributed by atoms with Crippen molar-refractivity contribution in [2.45, 2.75) is 26.4 Å². The molecule has 0 radical (unpaired) electrons. The van der Waals surface area contributed by atoms with E-state index in [4.69, 9.17) is 4.42 Å². The average Bonchev–Trinajstić information content (AvgIpc) is 2.99. The van der Waals surface area contributed by atoms with Crippen LogP contribution in [0.5, 0.6) is 0 Å². The minimum Gasteiger partial charge on any atom is -0.424 e. The van der Waals surface area contributed by atoms with Gasteiger partial charge in [-0.15, -0.1) is 10.2 Å². The standard InChI is InChI=1S/C19H21N3O/c1-16-20-21-19(23-16)15-22(14-18-10-6-3-7-11-18)13-12-17-8-4-2-5-9-17/h2-11H,12-15H2,1H3. The molecule has 0 fully saturated rings. The Bertz CT molecular complexity index is 710. The van der Waals surface area contributed by atoms with Crippen LogP contribution >= 0.6 is 0 Å². The highest BCUT2D eigenvalue weighted by Gasteiger charge is 2.11. The molecule has 0 aliphatic carbocycles. The highest BCUT2D eigenvalue weighted by Crippen LogP contribution is 2.11. The molecule has 0 N–H and O–H groups in total. The van der Waals surface area contributed by atoms with E-state index in [2.05, 4.69) is 63.6 Å². The Balaban J connectivity index is 1.67. The largest absolute Gasteiger partial charge is 0.424 e. The van der Waals surface area contributed by atoms with Gasteiger partial charge in [-0.1, -0.05) is 60.7 Å². The molecular formula is C19H21N3O. The maximum Gasteiger partial charge on any atom is 0.230 e. The zero-order valence-corrected chi connectivity index (χ0v) is 13.4. The molecule has 3 rings (SSSR count). The molecule has 0 atom stereocenters. The third kappa shape index (κ3) is 4.76. The van der Waals surface area contributed by atoms with Crippen molar-refractivity contribution in [1.29, 1.82) is 0 Å². The van der Waals surface area contributed by atoms with E-state index in [0.29, 0.717) is 18.3 Å². The number of hydrogen-bond acceptors (Lipinski definition) is 4. The van der Waals surface area contributed by atoms with Gasteiger partial charge in [-0.2, -0.15) is 0 Å². The summed E-state index contributed by atoms with van der Waals surface area (Å²) in [5, 5.41) is 8.05. The summed E-state index contributed by atoms with van der Waals surface area (Å²) >= 11 is 0. The first-order chi connectivity index (χ1) is 11.3. The van der Waals surface area contributed by atoms with Crippen LogP contribution < -0.4 is 0 Å². The minimum atomic E-state index is 0.614. The molecule has 0 saturated carbocycles. The van der Waals surface area contributed by atoms with Crippen molar-refractivity contribution >= 4 is 0 Å². The molecule has 1 aromatic heterocycles. The lowest BCUT2D eigenvalue weighted by atomic mass is 10.1. The van der Waals surface area contributed by atoms with Crippen molar-refractivity contribution < 1.29 is 4.42 Å². The van der Waals surface area contributed by atoms with Gasteiger partial charge in [-0.25, -0.2) is 0 Å². The van der Waals surface area contributed by atoms with Crippen LogP contribution in [-0.2, 0) is 19.5 Å². The highest BCUT2D eigenvalue weighted by molar-refractivity contribution is 5.16. The lowest BCUT2D eigenvalue weighted by Gasteiger charge is -2.20. The molecule has 118 valence electrons. The van der Waals surface area contributed by atoms with E-state index in [9.17, 15) is 0 Å². The van der Waals surface area contributed by atoms with Gasteiger partial charge in [-0.3, -0.25) is 4.90 Å². The number of nitrogens with zero attached hydrogens (tertiary/aromatic N) is 3. The highest BCUT2D eigenvalue weighted by atomic mass is 16.4. The summed E-state index contributed by atoms with van der Waals surface area (Å²) in [6, 6.07) is 21.0. The number of rotatable bonds is 7. The number of aryl methyl sites for hydroxylation is 1. The van der Waals surface area contributed by atoms with E-state index in [-0.39, 0.29) is 0 Å². The van der Waals surface area contributed by atoms with Crippen LogP contribution in [0.3, 0.4) is 0 Å². The van der Waals surface area contributed by atoms with Crippen molar-refractivity contribution in [2.75, 3.05) is 6.54 Å². The van der Waals surface area contributed by atoms with E-state index in [0.717, 1.165) is 19.5 Å². The molecular weight excluding hydrogens is 286 g/mol. The van der Waals surface area contributed by atoms with Gasteiger partial charge >= 0.3 is 0 Å². The van der Waals surface area contributed by atoms with Gasteiger partial charge < -0.3 is 4.42 Å². The van der Waals surface area contributed by atoms with E-state index in [1.54, 1.807) is 0 Å². The molecule has 3 aromatic rings. The van der Waals surface area contributed by atoms with Crippen LogP contribution in [0.25, 0.3) is 0 Å². The second kappa shape index (κ2) is 7.70. The summed E-state index contributed by atoms with van der Waals surface area (Å²) in [5.74, 6) is 1.29. The fourth-order valence-corrected chi connectivity index (χ4v) is 2.58. The Hall–Kier alpha value is -2.46. The zero-order chi connectivity index (χ0) is 15.9. The molecule has 4 heteroatoms. The van der Waals surface area contributed by atoms with Gasteiger partial charge in [0.1, 0.15) is 0 Å². The van der Waals surface area contributed by atoms with Crippen LogP contribution in [0.4, 0.5) is 0 Å². The summed E-state index contributed by atoms with van der Waals surface area (Å²) in [7, 11) is 0. The predicted molar refractivity (Wildman–Crippen MR) is 89.7 cm³/mol. The molecule has 0 unspecified atom stereocenters. The van der Waals surface area contributed by atoms with Crippen molar-refractivity contribution in [1.82, 2.24) is 15.1 Å². The summed E-state index contributed by atoms with van der Waals surface area (Å²) in [5.41, 5.74) is 2.63. The molecule has 0 spiro atoms. The van der Waals surface area contributed by atoms with Gasteiger partial charge in [0.25, 0.3) is 0 Å². The van der Waals surface area contributed by atoms with Crippen molar-refractivity contribution in [3.8, 4) is 0 Å². The Morgan fingerprint density at radius 1 is 0.826 bits per heavy atom. The van der Waals surface area contributed by atoms with Gasteiger partial charge in [-0.05, 0) is 17.5 Å². The predicted octanol–water partition coefficient (Wildman–Crippen LogP) is 3.62. The molecule has 2 aromatic carbocycles. The average molecular weight is 307 g/mol. The molecule has 23 heavy (non-hydrogen) atoms. The minimum absolute atomic E-state index is 0.614. The Kier molecular flexibility index (Phi) is 5.17. The first-order valence-corrected chi connectivity index (χ1v) is 7.89. The summed E-state index contributed by atoms with van der Waals surface area (Å²) < 4.78 is 5.54. The lowest BCUT2D eigenvalue weighted by molar-refractivity contribution is 0.232. The Morgan fingerprint density at radius 3 is 2.09 bits per heavy atom. The van der Waals surface area contributed by atoms with Gasteiger partial charge in [0.15, 0.2) is 0 Å². The first kappa shape index (κ1) is 15.4. The monoisotopic (exact) mass is 307 g/mol. The second-order valence-corrected chi connectivity index (χ2v) is 5.65. The number of benzene rings is 2. The van der Waals surface area contributed by atoms with E-state index in [1.165, 1.54) is 11.1 Å². The van der Waals surface area contributed by atoms with Crippen LogP contribution in [0, 0.1) is 6.92 Å². The van der Waals surface area contributed by atoms with E-state index in [1.807, 2.05) is 19.1 Å². The maximum absolute atomic E-state index is 5.54. The lowest BCUT2D eigenvalue weighted by Crippen LogP contribution is -2.25. The summed E-state index contributed by atoms with van der Waals surface area (Å²) in [6.07, 6.45) is 1.00. The van der Waals surface area contributed by atoms with Crippen molar-refractivity contribution in [3.05, 3.63) is 83.6 Å². The van der Waals surface area contributed by atoms with Gasteiger partial charge in [0, 0.05) is 20.0 Å². The Labute approximate surface area is 136 Å².